The van der Waals surface area contributed by atoms with Crippen LogP contribution in [-0.4, -0.2) is 20.5 Å². The minimum absolute atomic E-state index is 0.0785. The first-order valence-electron chi connectivity index (χ1n) is 6.02. The Labute approximate surface area is 100 Å². The molecule has 1 heterocycles. The lowest BCUT2D eigenvalue weighted by atomic mass is 9.86. The molecule has 0 saturated heterocycles. The van der Waals surface area contributed by atoms with Crippen LogP contribution in [-0.2, 0) is 7.05 Å². The molecule has 0 amide bonds. The van der Waals surface area contributed by atoms with Gasteiger partial charge in [0.05, 0.1) is 0 Å². The first-order valence-corrected chi connectivity index (χ1v) is 6.02. The molecule has 0 bridgehead atoms. The predicted octanol–water partition coefficient (Wildman–Crippen LogP) is 2.32. The van der Waals surface area contributed by atoms with E-state index in [0.29, 0.717) is 17.8 Å². The van der Waals surface area contributed by atoms with E-state index >= 15 is 0 Å². The van der Waals surface area contributed by atoms with E-state index in [1.165, 1.54) is 25.6 Å². The number of rotatable bonds is 3. The Kier molecular flexibility index (Phi) is 3.31. The van der Waals surface area contributed by atoms with E-state index in [2.05, 4.69) is 17.2 Å². The number of nitrogens with zero attached hydrogens (tertiary/aromatic N) is 3. The van der Waals surface area contributed by atoms with Gasteiger partial charge in [0.25, 0.3) is 0 Å². The van der Waals surface area contributed by atoms with Crippen molar-refractivity contribution in [3.63, 3.8) is 0 Å². The normalized spacial score (nSPS) is 24.6. The standard InChI is InChI=1S/C11H18N4O2/c1-8-5-3-4-6-9(8)13-11-10(15(16)17)12-7-14(11)2/h7-9,13H,3-6H2,1-2H3. The number of hydrogen-bond donors (Lipinski definition) is 1. The summed E-state index contributed by atoms with van der Waals surface area (Å²) in [5.74, 6) is 0.997. The maximum Gasteiger partial charge on any atom is 0.406 e. The number of nitro groups is 1. The molecule has 17 heavy (non-hydrogen) atoms. The second-order valence-electron chi connectivity index (χ2n) is 4.80. The van der Waals surface area contributed by atoms with Gasteiger partial charge in [-0.2, -0.15) is 0 Å². The average molecular weight is 238 g/mol. The zero-order valence-electron chi connectivity index (χ0n) is 10.2. The van der Waals surface area contributed by atoms with Gasteiger partial charge in [-0.15, -0.1) is 0 Å². The summed E-state index contributed by atoms with van der Waals surface area (Å²) in [6.45, 7) is 2.19. The number of aryl methyl sites for hydroxylation is 1. The van der Waals surface area contributed by atoms with Crippen LogP contribution in [0.4, 0.5) is 11.6 Å². The lowest BCUT2D eigenvalue weighted by Crippen LogP contribution is -2.31. The quantitative estimate of drug-likeness (QED) is 0.647. The summed E-state index contributed by atoms with van der Waals surface area (Å²) < 4.78 is 1.68. The lowest BCUT2D eigenvalue weighted by Gasteiger charge is -2.29. The van der Waals surface area contributed by atoms with Crippen molar-refractivity contribution >= 4 is 11.6 Å². The van der Waals surface area contributed by atoms with Gasteiger partial charge in [0, 0.05) is 13.1 Å². The third-order valence-electron chi connectivity index (χ3n) is 3.52. The van der Waals surface area contributed by atoms with Gasteiger partial charge in [-0.05, 0) is 28.7 Å². The molecule has 1 saturated carbocycles. The van der Waals surface area contributed by atoms with Gasteiger partial charge in [-0.25, -0.2) is 0 Å². The van der Waals surface area contributed by atoms with E-state index in [1.807, 2.05) is 0 Å². The Hall–Kier alpha value is -1.59. The summed E-state index contributed by atoms with van der Waals surface area (Å²) in [5.41, 5.74) is 0. The largest absolute Gasteiger partial charge is 0.406 e. The van der Waals surface area contributed by atoms with E-state index < -0.39 is 4.92 Å². The highest BCUT2D eigenvalue weighted by atomic mass is 16.6. The molecule has 1 fully saturated rings. The molecule has 1 N–H and O–H groups in total. The Balaban J connectivity index is 2.17. The van der Waals surface area contributed by atoms with Gasteiger partial charge in [0.1, 0.15) is 0 Å². The Morgan fingerprint density at radius 3 is 2.88 bits per heavy atom. The van der Waals surface area contributed by atoms with Gasteiger partial charge < -0.3 is 15.4 Å². The fourth-order valence-electron chi connectivity index (χ4n) is 2.42. The van der Waals surface area contributed by atoms with Crippen molar-refractivity contribution in [3.8, 4) is 0 Å². The third kappa shape index (κ3) is 2.40. The Morgan fingerprint density at radius 1 is 1.53 bits per heavy atom. The highest BCUT2D eigenvalue weighted by molar-refractivity contribution is 5.52. The number of anilines is 1. The van der Waals surface area contributed by atoms with Crippen LogP contribution in [0, 0.1) is 16.0 Å². The highest BCUT2D eigenvalue weighted by Gasteiger charge is 2.26. The molecule has 6 nitrogen and oxygen atoms in total. The lowest BCUT2D eigenvalue weighted by molar-refractivity contribution is -0.388. The van der Waals surface area contributed by atoms with E-state index in [1.54, 1.807) is 11.6 Å². The predicted molar refractivity (Wildman–Crippen MR) is 64.9 cm³/mol. The van der Waals surface area contributed by atoms with Crippen molar-refractivity contribution in [1.29, 1.82) is 0 Å². The van der Waals surface area contributed by atoms with E-state index in [4.69, 9.17) is 0 Å². The molecule has 1 aromatic rings. The zero-order chi connectivity index (χ0) is 12.4. The molecule has 1 aromatic heterocycles. The fourth-order valence-corrected chi connectivity index (χ4v) is 2.42. The molecule has 1 aliphatic rings. The maximum absolute atomic E-state index is 10.8. The van der Waals surface area contributed by atoms with Crippen LogP contribution in [0.3, 0.4) is 0 Å². The van der Waals surface area contributed by atoms with Crippen LogP contribution in [0.15, 0.2) is 6.33 Å². The number of hydrogen-bond acceptors (Lipinski definition) is 4. The van der Waals surface area contributed by atoms with Crippen molar-refractivity contribution in [2.75, 3.05) is 5.32 Å². The van der Waals surface area contributed by atoms with Crippen LogP contribution in [0.5, 0.6) is 0 Å². The first kappa shape index (κ1) is 11.9. The molecule has 2 unspecified atom stereocenters. The monoisotopic (exact) mass is 238 g/mol. The number of aromatic nitrogens is 2. The minimum Gasteiger partial charge on any atom is -0.361 e. The average Bonchev–Trinajstić information content (AvgIpc) is 2.64. The van der Waals surface area contributed by atoms with E-state index in [-0.39, 0.29) is 5.82 Å². The van der Waals surface area contributed by atoms with Crippen LogP contribution in [0.25, 0.3) is 0 Å². The van der Waals surface area contributed by atoms with Crippen LogP contribution < -0.4 is 5.32 Å². The van der Waals surface area contributed by atoms with Crippen LogP contribution in [0.1, 0.15) is 32.6 Å². The van der Waals surface area contributed by atoms with E-state index in [9.17, 15) is 10.1 Å². The fraction of sp³-hybridized carbons (Fsp3) is 0.727. The summed E-state index contributed by atoms with van der Waals surface area (Å²) in [5, 5.41) is 14.1. The van der Waals surface area contributed by atoms with Crippen molar-refractivity contribution in [1.82, 2.24) is 9.55 Å². The van der Waals surface area contributed by atoms with E-state index in [0.717, 1.165) is 6.42 Å². The molecule has 6 heteroatoms. The van der Waals surface area contributed by atoms with Crippen LogP contribution >= 0.6 is 0 Å². The maximum atomic E-state index is 10.8. The smallest absolute Gasteiger partial charge is 0.361 e. The second-order valence-corrected chi connectivity index (χ2v) is 4.80. The van der Waals surface area contributed by atoms with Crippen molar-refractivity contribution < 1.29 is 4.92 Å². The zero-order valence-corrected chi connectivity index (χ0v) is 10.2. The molecule has 94 valence electrons. The van der Waals surface area contributed by atoms with Gasteiger partial charge in [0.2, 0.25) is 12.1 Å². The Bertz CT molecular complexity index is 416. The summed E-state index contributed by atoms with van der Waals surface area (Å²) in [6, 6.07) is 0.317. The summed E-state index contributed by atoms with van der Waals surface area (Å²) in [7, 11) is 1.77. The van der Waals surface area contributed by atoms with Crippen molar-refractivity contribution in [3.05, 3.63) is 16.4 Å². The Morgan fingerprint density at radius 2 is 2.24 bits per heavy atom. The summed E-state index contributed by atoms with van der Waals surface area (Å²) >= 11 is 0. The van der Waals surface area contributed by atoms with Crippen molar-refractivity contribution in [2.24, 2.45) is 13.0 Å². The molecule has 0 aromatic carbocycles. The van der Waals surface area contributed by atoms with Gasteiger partial charge in [0.15, 0.2) is 0 Å². The molecular formula is C11H18N4O2. The number of nitrogens with one attached hydrogen (secondary N) is 1. The molecule has 2 rings (SSSR count). The molecule has 0 radical (unpaired) electrons. The summed E-state index contributed by atoms with van der Waals surface area (Å²) in [4.78, 5) is 14.2. The van der Waals surface area contributed by atoms with Crippen LogP contribution in [0.2, 0.25) is 0 Å². The van der Waals surface area contributed by atoms with Gasteiger partial charge >= 0.3 is 5.82 Å². The molecule has 0 aliphatic heterocycles. The third-order valence-corrected chi connectivity index (χ3v) is 3.52. The van der Waals surface area contributed by atoms with Crippen molar-refractivity contribution in [2.45, 2.75) is 38.6 Å². The minimum atomic E-state index is -0.435. The molecule has 1 aliphatic carbocycles. The second kappa shape index (κ2) is 4.73. The topological polar surface area (TPSA) is 73.0 Å². The van der Waals surface area contributed by atoms with Gasteiger partial charge in [-0.3, -0.25) is 4.57 Å². The molecular weight excluding hydrogens is 220 g/mol. The van der Waals surface area contributed by atoms with Gasteiger partial charge in [-0.1, -0.05) is 19.8 Å². The molecule has 0 spiro atoms. The summed E-state index contributed by atoms with van der Waals surface area (Å²) in [6.07, 6.45) is 6.18. The number of imidazole rings is 1. The first-order chi connectivity index (χ1) is 8.09. The molecule has 2 atom stereocenters. The SMILES string of the molecule is CC1CCCCC1Nc1c([N+](=O)[O-])ncn1C. The highest BCUT2D eigenvalue weighted by Crippen LogP contribution is 2.29.